The quantitative estimate of drug-likeness (QED) is 0.738. The number of nitriles is 1. The number of nitrogens with zero attached hydrogens (tertiary/aromatic N) is 2. The summed E-state index contributed by atoms with van der Waals surface area (Å²) < 4.78 is 0. The third-order valence-corrected chi connectivity index (χ3v) is 4.63. The van der Waals surface area contributed by atoms with Crippen LogP contribution in [0.5, 0.6) is 0 Å². The SMILES string of the molecule is CCC1CN(CCCC(C)(C)C#N)CCS1. The van der Waals surface area contributed by atoms with Crippen LogP contribution >= 0.6 is 11.8 Å². The summed E-state index contributed by atoms with van der Waals surface area (Å²) in [6.45, 7) is 9.99. The van der Waals surface area contributed by atoms with E-state index in [1.165, 1.54) is 31.8 Å². The van der Waals surface area contributed by atoms with Crippen molar-refractivity contribution < 1.29 is 0 Å². The van der Waals surface area contributed by atoms with Crippen molar-refractivity contribution in [2.24, 2.45) is 5.41 Å². The van der Waals surface area contributed by atoms with Gasteiger partial charge in [0.15, 0.2) is 0 Å². The summed E-state index contributed by atoms with van der Waals surface area (Å²) in [7, 11) is 0. The minimum atomic E-state index is -0.144. The van der Waals surface area contributed by atoms with Crippen molar-refractivity contribution in [2.75, 3.05) is 25.4 Å². The van der Waals surface area contributed by atoms with Crippen LogP contribution in [0.3, 0.4) is 0 Å². The minimum Gasteiger partial charge on any atom is -0.301 e. The van der Waals surface area contributed by atoms with Crippen LogP contribution in [0.2, 0.25) is 0 Å². The lowest BCUT2D eigenvalue weighted by Crippen LogP contribution is -2.38. The van der Waals surface area contributed by atoms with Crippen LogP contribution in [0.1, 0.15) is 40.0 Å². The van der Waals surface area contributed by atoms with Gasteiger partial charge in [-0.1, -0.05) is 6.92 Å². The molecule has 0 aromatic carbocycles. The topological polar surface area (TPSA) is 27.0 Å². The van der Waals surface area contributed by atoms with Crippen LogP contribution < -0.4 is 0 Å². The summed E-state index contributed by atoms with van der Waals surface area (Å²) in [5.41, 5.74) is -0.144. The van der Waals surface area contributed by atoms with Crippen LogP contribution in [0, 0.1) is 16.7 Å². The first kappa shape index (κ1) is 13.9. The predicted octanol–water partition coefficient (Wildman–Crippen LogP) is 3.14. The second-order valence-corrected chi connectivity index (χ2v) is 6.71. The molecule has 1 rings (SSSR count). The smallest absolute Gasteiger partial charge is 0.0683 e. The molecule has 1 aliphatic rings. The highest BCUT2D eigenvalue weighted by molar-refractivity contribution is 8.00. The van der Waals surface area contributed by atoms with Crippen molar-refractivity contribution >= 4 is 11.8 Å². The molecule has 16 heavy (non-hydrogen) atoms. The maximum atomic E-state index is 8.94. The molecule has 0 bridgehead atoms. The molecule has 2 nitrogen and oxygen atoms in total. The Balaban J connectivity index is 2.20. The van der Waals surface area contributed by atoms with Crippen molar-refractivity contribution in [2.45, 2.75) is 45.3 Å². The van der Waals surface area contributed by atoms with E-state index in [-0.39, 0.29) is 5.41 Å². The van der Waals surface area contributed by atoms with Gasteiger partial charge in [0.05, 0.1) is 11.5 Å². The van der Waals surface area contributed by atoms with Gasteiger partial charge in [-0.15, -0.1) is 0 Å². The van der Waals surface area contributed by atoms with E-state index in [9.17, 15) is 0 Å². The molecule has 0 N–H and O–H groups in total. The van der Waals surface area contributed by atoms with Crippen molar-refractivity contribution in [1.82, 2.24) is 4.90 Å². The third kappa shape index (κ3) is 4.76. The molecule has 3 heteroatoms. The first-order valence-corrected chi connectivity index (χ1v) is 7.37. The largest absolute Gasteiger partial charge is 0.301 e. The van der Waals surface area contributed by atoms with E-state index in [1.807, 2.05) is 13.8 Å². The van der Waals surface area contributed by atoms with E-state index in [1.54, 1.807) is 0 Å². The molecule has 0 spiro atoms. The van der Waals surface area contributed by atoms with Gasteiger partial charge in [-0.25, -0.2) is 0 Å². The third-order valence-electron chi connectivity index (χ3n) is 3.26. The molecule has 0 aliphatic carbocycles. The molecule has 1 heterocycles. The molecule has 0 aromatic heterocycles. The van der Waals surface area contributed by atoms with E-state index in [2.05, 4.69) is 29.7 Å². The predicted molar refractivity (Wildman–Crippen MR) is 71.6 cm³/mol. The van der Waals surface area contributed by atoms with Gasteiger partial charge in [-0.05, 0) is 39.7 Å². The van der Waals surface area contributed by atoms with Crippen molar-refractivity contribution in [3.8, 4) is 6.07 Å². The lowest BCUT2D eigenvalue weighted by Gasteiger charge is -2.32. The van der Waals surface area contributed by atoms with Gasteiger partial charge in [-0.2, -0.15) is 17.0 Å². The Labute approximate surface area is 104 Å². The standard InChI is InChI=1S/C13H24N2S/c1-4-12-10-15(8-9-16-12)7-5-6-13(2,3)11-14/h12H,4-10H2,1-3H3. The van der Waals surface area contributed by atoms with Gasteiger partial charge in [0.2, 0.25) is 0 Å². The highest BCUT2D eigenvalue weighted by Crippen LogP contribution is 2.24. The fraction of sp³-hybridized carbons (Fsp3) is 0.923. The Bertz CT molecular complexity index is 245. The number of hydrogen-bond acceptors (Lipinski definition) is 3. The number of hydrogen-bond donors (Lipinski definition) is 0. The molecule has 1 saturated heterocycles. The van der Waals surface area contributed by atoms with E-state index < -0.39 is 0 Å². The van der Waals surface area contributed by atoms with Crippen LogP contribution in [-0.4, -0.2) is 35.5 Å². The Kier molecular flexibility index (Phi) is 5.64. The summed E-state index contributed by atoms with van der Waals surface area (Å²) >= 11 is 2.12. The molecule has 1 unspecified atom stereocenters. The van der Waals surface area contributed by atoms with Gasteiger partial charge in [0, 0.05) is 24.1 Å². The lowest BCUT2D eigenvalue weighted by atomic mass is 9.90. The van der Waals surface area contributed by atoms with Crippen LogP contribution in [0.4, 0.5) is 0 Å². The van der Waals surface area contributed by atoms with Crippen LogP contribution in [-0.2, 0) is 0 Å². The first-order valence-electron chi connectivity index (χ1n) is 6.32. The molecular formula is C13H24N2S. The zero-order valence-corrected chi connectivity index (χ0v) is 11.6. The molecule has 1 atom stereocenters. The highest BCUT2D eigenvalue weighted by atomic mass is 32.2. The van der Waals surface area contributed by atoms with Gasteiger partial charge in [-0.3, -0.25) is 0 Å². The van der Waals surface area contributed by atoms with E-state index in [0.29, 0.717) is 0 Å². The zero-order valence-electron chi connectivity index (χ0n) is 10.8. The van der Waals surface area contributed by atoms with E-state index >= 15 is 0 Å². The lowest BCUT2D eigenvalue weighted by molar-refractivity contribution is 0.262. The van der Waals surface area contributed by atoms with Crippen molar-refractivity contribution in [3.63, 3.8) is 0 Å². The van der Waals surface area contributed by atoms with E-state index in [4.69, 9.17) is 5.26 Å². The van der Waals surface area contributed by atoms with Gasteiger partial charge < -0.3 is 4.90 Å². The second kappa shape index (κ2) is 6.51. The maximum Gasteiger partial charge on any atom is 0.0683 e. The Morgan fingerprint density at radius 3 is 2.88 bits per heavy atom. The fourth-order valence-corrected chi connectivity index (χ4v) is 3.28. The number of rotatable bonds is 5. The summed E-state index contributed by atoms with van der Waals surface area (Å²) in [4.78, 5) is 2.57. The molecule has 0 saturated carbocycles. The number of thioether (sulfide) groups is 1. The second-order valence-electron chi connectivity index (χ2n) is 5.30. The maximum absolute atomic E-state index is 8.94. The zero-order chi connectivity index (χ0) is 12.0. The van der Waals surface area contributed by atoms with Crippen LogP contribution in [0.15, 0.2) is 0 Å². The average molecular weight is 240 g/mol. The molecule has 1 fully saturated rings. The first-order chi connectivity index (χ1) is 7.57. The molecule has 0 amide bonds. The van der Waals surface area contributed by atoms with Gasteiger partial charge >= 0.3 is 0 Å². The average Bonchev–Trinajstić information content (AvgIpc) is 2.29. The Morgan fingerprint density at radius 2 is 2.25 bits per heavy atom. The molecular weight excluding hydrogens is 216 g/mol. The molecule has 0 aromatic rings. The summed E-state index contributed by atoms with van der Waals surface area (Å²) in [5.74, 6) is 1.28. The summed E-state index contributed by atoms with van der Waals surface area (Å²) in [5, 5.41) is 9.78. The van der Waals surface area contributed by atoms with E-state index in [0.717, 1.165) is 18.1 Å². The fourth-order valence-electron chi connectivity index (χ4n) is 2.03. The van der Waals surface area contributed by atoms with Crippen molar-refractivity contribution in [1.29, 1.82) is 5.26 Å². The summed E-state index contributed by atoms with van der Waals surface area (Å²) in [6.07, 6.45) is 3.45. The molecule has 92 valence electrons. The Morgan fingerprint density at radius 1 is 1.50 bits per heavy atom. The van der Waals surface area contributed by atoms with Gasteiger partial charge in [0.25, 0.3) is 0 Å². The minimum absolute atomic E-state index is 0.144. The normalized spacial score (nSPS) is 23.0. The molecule has 1 aliphatic heterocycles. The van der Waals surface area contributed by atoms with Crippen LogP contribution in [0.25, 0.3) is 0 Å². The molecule has 0 radical (unpaired) electrons. The highest BCUT2D eigenvalue weighted by Gasteiger charge is 2.20. The Hall–Kier alpha value is -0.200. The van der Waals surface area contributed by atoms with Crippen molar-refractivity contribution in [3.05, 3.63) is 0 Å². The monoisotopic (exact) mass is 240 g/mol. The van der Waals surface area contributed by atoms with Gasteiger partial charge in [0.1, 0.15) is 0 Å². The summed E-state index contributed by atoms with van der Waals surface area (Å²) in [6, 6.07) is 2.38.